The van der Waals surface area contributed by atoms with Crippen LogP contribution in [0.3, 0.4) is 0 Å². The Morgan fingerprint density at radius 2 is 1.73 bits per heavy atom. The highest BCUT2D eigenvalue weighted by atomic mass is 35.5. The van der Waals surface area contributed by atoms with Gasteiger partial charge in [-0.2, -0.15) is 0 Å². The predicted molar refractivity (Wildman–Crippen MR) is 125 cm³/mol. The van der Waals surface area contributed by atoms with Gasteiger partial charge in [0.1, 0.15) is 0 Å². The Morgan fingerprint density at radius 3 is 2.37 bits per heavy atom. The van der Waals surface area contributed by atoms with E-state index in [-0.39, 0.29) is 6.03 Å². The molecule has 3 fully saturated rings. The fraction of sp³-hybridized carbons (Fsp3) is 0.696. The van der Waals surface area contributed by atoms with Gasteiger partial charge in [0.2, 0.25) is 0 Å². The van der Waals surface area contributed by atoms with E-state index >= 15 is 0 Å². The summed E-state index contributed by atoms with van der Waals surface area (Å²) in [4.78, 5) is 18.7. The highest BCUT2D eigenvalue weighted by molar-refractivity contribution is 6.43. The van der Waals surface area contributed by atoms with E-state index in [0.717, 1.165) is 37.5 Å². The van der Waals surface area contributed by atoms with E-state index in [1.807, 2.05) is 12.1 Å². The highest BCUT2D eigenvalue weighted by Gasteiger charge is 2.40. The van der Waals surface area contributed by atoms with Crippen molar-refractivity contribution in [2.75, 3.05) is 38.6 Å². The first-order valence-corrected chi connectivity index (χ1v) is 12.1. The van der Waals surface area contributed by atoms with E-state index in [9.17, 15) is 4.79 Å². The summed E-state index contributed by atoms with van der Waals surface area (Å²) in [5.41, 5.74) is 1.11. The SMILES string of the molecule is CN(C)C(=O)N[C@H]1CC[C@H](CCN2C[C@H]3CC[C@@H](C2)N3c2cccc(Cl)c2Cl)CC1. The maximum Gasteiger partial charge on any atom is 0.317 e. The van der Waals surface area contributed by atoms with E-state index in [4.69, 9.17) is 23.2 Å². The molecule has 2 bridgehead atoms. The lowest BCUT2D eigenvalue weighted by Gasteiger charge is -2.43. The van der Waals surface area contributed by atoms with Crippen molar-refractivity contribution >= 4 is 34.9 Å². The van der Waals surface area contributed by atoms with E-state index < -0.39 is 0 Å². The molecule has 0 radical (unpaired) electrons. The first kappa shape index (κ1) is 22.0. The lowest BCUT2D eigenvalue weighted by molar-refractivity contribution is 0.183. The second-order valence-corrected chi connectivity index (χ2v) is 10.3. The molecule has 1 aromatic carbocycles. The van der Waals surface area contributed by atoms with E-state index in [2.05, 4.69) is 21.2 Å². The van der Waals surface area contributed by atoms with Crippen LogP contribution in [0.15, 0.2) is 18.2 Å². The first-order chi connectivity index (χ1) is 14.4. The van der Waals surface area contributed by atoms with Gasteiger partial charge in [-0.3, -0.25) is 4.90 Å². The van der Waals surface area contributed by atoms with Crippen LogP contribution in [0.5, 0.6) is 0 Å². The number of nitrogens with one attached hydrogen (secondary N) is 1. The van der Waals surface area contributed by atoms with E-state index in [1.165, 1.54) is 38.6 Å². The Morgan fingerprint density at radius 1 is 1.07 bits per heavy atom. The molecule has 2 amide bonds. The molecule has 1 aliphatic carbocycles. The molecule has 1 saturated carbocycles. The number of carbonyl (C=O) groups is 1. The molecule has 4 rings (SSSR count). The van der Waals surface area contributed by atoms with Gasteiger partial charge in [0.15, 0.2) is 0 Å². The summed E-state index contributed by atoms with van der Waals surface area (Å²) in [6.45, 7) is 3.42. The number of carbonyl (C=O) groups excluding carboxylic acids is 1. The average molecular weight is 453 g/mol. The minimum Gasteiger partial charge on any atom is -0.362 e. The van der Waals surface area contributed by atoms with Crippen LogP contribution in [0, 0.1) is 5.92 Å². The third-order valence-corrected chi connectivity index (χ3v) is 8.01. The van der Waals surface area contributed by atoms with Crippen LogP contribution in [-0.4, -0.2) is 67.7 Å². The number of likely N-dealkylation sites (tertiary alicyclic amines) is 1. The topological polar surface area (TPSA) is 38.8 Å². The fourth-order valence-corrected chi connectivity index (χ4v) is 5.92. The van der Waals surface area contributed by atoms with Gasteiger partial charge in [-0.25, -0.2) is 4.79 Å². The number of fused-ring (bicyclic) bond motifs is 2. The zero-order chi connectivity index (χ0) is 21.3. The van der Waals surface area contributed by atoms with Crippen molar-refractivity contribution in [1.82, 2.24) is 15.1 Å². The number of amides is 2. The molecule has 0 aromatic heterocycles. The van der Waals surface area contributed by atoms with Gasteiger partial charge >= 0.3 is 6.03 Å². The van der Waals surface area contributed by atoms with Crippen molar-refractivity contribution in [3.8, 4) is 0 Å². The van der Waals surface area contributed by atoms with Gasteiger partial charge in [-0.05, 0) is 69.5 Å². The van der Waals surface area contributed by atoms with Crippen LogP contribution in [0.25, 0.3) is 0 Å². The van der Waals surface area contributed by atoms with Crippen LogP contribution in [0.4, 0.5) is 10.5 Å². The zero-order valence-corrected chi connectivity index (χ0v) is 19.6. The number of nitrogens with zero attached hydrogens (tertiary/aromatic N) is 3. The number of rotatable bonds is 5. The number of piperazine rings is 1. The summed E-state index contributed by atoms with van der Waals surface area (Å²) in [6, 6.07) is 7.44. The summed E-state index contributed by atoms with van der Waals surface area (Å²) in [7, 11) is 3.60. The van der Waals surface area contributed by atoms with E-state index in [1.54, 1.807) is 19.0 Å². The minimum atomic E-state index is 0.0339. The summed E-state index contributed by atoms with van der Waals surface area (Å²) >= 11 is 12.8. The Bertz CT molecular complexity index is 737. The Kier molecular flexibility index (Phi) is 7.01. The van der Waals surface area contributed by atoms with Crippen LogP contribution < -0.4 is 10.2 Å². The van der Waals surface area contributed by atoms with Crippen molar-refractivity contribution in [3.63, 3.8) is 0 Å². The molecule has 1 aromatic rings. The molecule has 2 heterocycles. The number of hydrogen-bond donors (Lipinski definition) is 1. The van der Waals surface area contributed by atoms with Crippen LogP contribution in [0.2, 0.25) is 10.0 Å². The standard InChI is InChI=1S/C23H34Cl2N4O/c1-27(2)23(30)26-17-8-6-16(7-9-17)12-13-28-14-18-10-11-19(15-28)29(18)21-5-3-4-20(24)22(21)25/h3-5,16-19H,6-15H2,1-2H3,(H,26,30)/t16-,17-,18-,19+. The minimum absolute atomic E-state index is 0.0339. The van der Waals surface area contributed by atoms with Crippen molar-refractivity contribution in [2.24, 2.45) is 5.92 Å². The summed E-state index contributed by atoms with van der Waals surface area (Å²) in [5.74, 6) is 0.788. The molecule has 0 spiro atoms. The fourth-order valence-electron chi connectivity index (χ4n) is 5.52. The van der Waals surface area contributed by atoms with Crippen molar-refractivity contribution in [3.05, 3.63) is 28.2 Å². The number of anilines is 1. The molecule has 5 nitrogen and oxygen atoms in total. The third-order valence-electron chi connectivity index (χ3n) is 7.20. The molecule has 2 aliphatic heterocycles. The second kappa shape index (κ2) is 9.54. The van der Waals surface area contributed by atoms with Crippen molar-refractivity contribution in [1.29, 1.82) is 0 Å². The summed E-state index contributed by atoms with van der Waals surface area (Å²) in [5, 5.41) is 4.49. The van der Waals surface area contributed by atoms with Gasteiger partial charge in [0, 0.05) is 45.3 Å². The van der Waals surface area contributed by atoms with Crippen molar-refractivity contribution in [2.45, 2.75) is 63.1 Å². The van der Waals surface area contributed by atoms with Gasteiger partial charge < -0.3 is 15.1 Å². The van der Waals surface area contributed by atoms with E-state index in [0.29, 0.717) is 28.2 Å². The van der Waals surface area contributed by atoms with Crippen LogP contribution in [0.1, 0.15) is 44.9 Å². The van der Waals surface area contributed by atoms with Gasteiger partial charge in [0.25, 0.3) is 0 Å². The molecule has 1 N–H and O–H groups in total. The molecule has 2 saturated heterocycles. The van der Waals surface area contributed by atoms with Crippen LogP contribution in [-0.2, 0) is 0 Å². The largest absolute Gasteiger partial charge is 0.362 e. The molecule has 166 valence electrons. The maximum absolute atomic E-state index is 11.8. The summed E-state index contributed by atoms with van der Waals surface area (Å²) in [6.07, 6.45) is 8.41. The Hall–Kier alpha value is -1.17. The Labute approximate surface area is 190 Å². The van der Waals surface area contributed by atoms with Crippen molar-refractivity contribution < 1.29 is 4.79 Å². The Balaban J connectivity index is 1.25. The van der Waals surface area contributed by atoms with Gasteiger partial charge in [-0.15, -0.1) is 0 Å². The molecule has 3 aliphatic rings. The number of urea groups is 1. The maximum atomic E-state index is 11.8. The van der Waals surface area contributed by atoms with Crippen LogP contribution >= 0.6 is 23.2 Å². The molecule has 2 atom stereocenters. The third kappa shape index (κ3) is 4.84. The second-order valence-electron chi connectivity index (χ2n) is 9.48. The number of hydrogen-bond acceptors (Lipinski definition) is 3. The lowest BCUT2D eigenvalue weighted by Crippen LogP contribution is -2.54. The number of benzene rings is 1. The molecular formula is C23H34Cl2N4O. The lowest BCUT2D eigenvalue weighted by atomic mass is 9.84. The molecule has 30 heavy (non-hydrogen) atoms. The quantitative estimate of drug-likeness (QED) is 0.692. The monoisotopic (exact) mass is 452 g/mol. The van der Waals surface area contributed by atoms with Gasteiger partial charge in [-0.1, -0.05) is 29.3 Å². The predicted octanol–water partition coefficient (Wildman–Crippen LogP) is 4.87. The average Bonchev–Trinajstić information content (AvgIpc) is 2.99. The molecule has 7 heteroatoms. The summed E-state index contributed by atoms with van der Waals surface area (Å²) < 4.78 is 0. The van der Waals surface area contributed by atoms with Gasteiger partial charge in [0.05, 0.1) is 15.7 Å². The smallest absolute Gasteiger partial charge is 0.317 e. The zero-order valence-electron chi connectivity index (χ0n) is 18.1. The first-order valence-electron chi connectivity index (χ1n) is 11.3. The normalized spacial score (nSPS) is 29.1. The molecule has 0 unspecified atom stereocenters. The molecular weight excluding hydrogens is 419 g/mol. The highest BCUT2D eigenvalue weighted by Crippen LogP contribution is 2.41. The number of halogens is 2.